The van der Waals surface area contributed by atoms with E-state index in [1.165, 1.54) is 21.9 Å². The Morgan fingerprint density at radius 1 is 1.00 bits per heavy atom. The highest BCUT2D eigenvalue weighted by molar-refractivity contribution is 7.92. The second kappa shape index (κ2) is 10.8. The molecule has 1 saturated heterocycles. The van der Waals surface area contributed by atoms with Gasteiger partial charge in [-0.3, -0.25) is 9.10 Å². The maximum atomic E-state index is 13.4. The Morgan fingerprint density at radius 3 is 2.39 bits per heavy atom. The van der Waals surface area contributed by atoms with E-state index in [1.807, 2.05) is 59.5 Å². The van der Waals surface area contributed by atoms with Crippen molar-refractivity contribution in [1.29, 1.82) is 0 Å². The molecule has 38 heavy (non-hydrogen) atoms. The van der Waals surface area contributed by atoms with Crippen LogP contribution in [0.2, 0.25) is 5.02 Å². The molecule has 1 fully saturated rings. The number of nitrogens with zero attached hydrogens (tertiary/aromatic N) is 3. The lowest BCUT2D eigenvalue weighted by Crippen LogP contribution is -2.48. The summed E-state index contributed by atoms with van der Waals surface area (Å²) in [5, 5.41) is 1.44. The van der Waals surface area contributed by atoms with E-state index in [0.717, 1.165) is 40.2 Å². The van der Waals surface area contributed by atoms with Gasteiger partial charge in [0.1, 0.15) is 5.75 Å². The summed E-state index contributed by atoms with van der Waals surface area (Å²) in [5.74, 6) is 0.820. The third-order valence-electron chi connectivity index (χ3n) is 6.63. The van der Waals surface area contributed by atoms with Crippen LogP contribution in [-0.2, 0) is 16.6 Å². The number of hydrogen-bond acceptors (Lipinski definition) is 6. The predicted molar refractivity (Wildman–Crippen MR) is 155 cm³/mol. The average Bonchev–Trinajstić information content (AvgIpc) is 3.35. The molecule has 0 saturated carbocycles. The SMILES string of the molecule is COc1ccccc1N1CCN(C(=O)c2cc3cc(N(Cc4ccc(Cl)cc4)S(C)(=O)=O)ccc3s2)CC1. The van der Waals surface area contributed by atoms with E-state index in [0.29, 0.717) is 28.7 Å². The van der Waals surface area contributed by atoms with Gasteiger partial charge < -0.3 is 14.5 Å². The van der Waals surface area contributed by atoms with Gasteiger partial charge in [-0.2, -0.15) is 0 Å². The summed E-state index contributed by atoms with van der Waals surface area (Å²) in [5.41, 5.74) is 2.41. The van der Waals surface area contributed by atoms with Crippen molar-refractivity contribution in [3.05, 3.63) is 88.3 Å². The molecule has 0 aliphatic carbocycles. The molecule has 1 aromatic heterocycles. The molecular weight excluding hydrogens is 542 g/mol. The van der Waals surface area contributed by atoms with Crippen LogP contribution in [0.25, 0.3) is 10.1 Å². The topological polar surface area (TPSA) is 70.2 Å². The van der Waals surface area contributed by atoms with Gasteiger partial charge in [0, 0.05) is 35.9 Å². The molecular formula is C28H28ClN3O4S2. The van der Waals surface area contributed by atoms with E-state index in [1.54, 1.807) is 25.3 Å². The van der Waals surface area contributed by atoms with Crippen molar-refractivity contribution < 1.29 is 17.9 Å². The zero-order valence-electron chi connectivity index (χ0n) is 21.1. The van der Waals surface area contributed by atoms with E-state index in [9.17, 15) is 13.2 Å². The third kappa shape index (κ3) is 5.60. The summed E-state index contributed by atoms with van der Waals surface area (Å²) in [6.07, 6.45) is 1.19. The fourth-order valence-corrected chi connectivity index (χ4v) is 6.66. The van der Waals surface area contributed by atoms with E-state index in [4.69, 9.17) is 16.3 Å². The second-order valence-corrected chi connectivity index (χ2v) is 12.6. The van der Waals surface area contributed by atoms with Crippen LogP contribution in [0.1, 0.15) is 15.2 Å². The van der Waals surface area contributed by atoms with Crippen LogP contribution >= 0.6 is 22.9 Å². The lowest BCUT2D eigenvalue weighted by Gasteiger charge is -2.36. The quantitative estimate of drug-likeness (QED) is 0.294. The summed E-state index contributed by atoms with van der Waals surface area (Å²) in [4.78, 5) is 18.1. The summed E-state index contributed by atoms with van der Waals surface area (Å²) in [6.45, 7) is 2.84. The highest BCUT2D eigenvalue weighted by Crippen LogP contribution is 2.33. The Morgan fingerprint density at radius 2 is 1.71 bits per heavy atom. The smallest absolute Gasteiger partial charge is 0.264 e. The molecule has 0 bridgehead atoms. The molecule has 198 valence electrons. The maximum Gasteiger partial charge on any atom is 0.264 e. The van der Waals surface area contributed by atoms with Crippen molar-refractivity contribution in [2.24, 2.45) is 0 Å². The number of carbonyl (C=O) groups excluding carboxylic acids is 1. The number of piperazine rings is 1. The van der Waals surface area contributed by atoms with Crippen molar-refractivity contribution >= 4 is 60.3 Å². The molecule has 0 radical (unpaired) electrons. The highest BCUT2D eigenvalue weighted by atomic mass is 35.5. The number of ether oxygens (including phenoxy) is 1. The molecule has 1 amide bonds. The Balaban J connectivity index is 1.33. The first-order valence-corrected chi connectivity index (χ1v) is 15.2. The molecule has 0 unspecified atom stereocenters. The number of carbonyl (C=O) groups is 1. The minimum Gasteiger partial charge on any atom is -0.495 e. The molecule has 1 aliphatic heterocycles. The summed E-state index contributed by atoms with van der Waals surface area (Å²) < 4.78 is 33.1. The number of fused-ring (bicyclic) bond motifs is 1. The molecule has 0 spiro atoms. The second-order valence-electron chi connectivity index (χ2n) is 9.18. The van der Waals surface area contributed by atoms with Gasteiger partial charge >= 0.3 is 0 Å². The number of benzene rings is 3. The van der Waals surface area contributed by atoms with Crippen LogP contribution in [0.5, 0.6) is 5.75 Å². The van der Waals surface area contributed by atoms with Gasteiger partial charge in [-0.25, -0.2) is 8.42 Å². The van der Waals surface area contributed by atoms with Gasteiger partial charge in [0.05, 0.1) is 36.2 Å². The Labute approximate surface area is 231 Å². The first-order chi connectivity index (χ1) is 18.2. The largest absolute Gasteiger partial charge is 0.495 e. The fraction of sp³-hybridized carbons (Fsp3) is 0.250. The van der Waals surface area contributed by atoms with E-state index >= 15 is 0 Å². The highest BCUT2D eigenvalue weighted by Gasteiger charge is 2.25. The molecule has 1 aliphatic rings. The minimum absolute atomic E-state index is 0.00596. The first-order valence-electron chi connectivity index (χ1n) is 12.2. The van der Waals surface area contributed by atoms with Gasteiger partial charge in [0.15, 0.2) is 0 Å². The average molecular weight is 570 g/mol. The minimum atomic E-state index is -3.54. The van der Waals surface area contributed by atoms with Crippen molar-refractivity contribution in [3.8, 4) is 5.75 Å². The number of rotatable bonds is 7. The lowest BCUT2D eigenvalue weighted by molar-refractivity contribution is 0.0751. The number of halogens is 1. The molecule has 10 heteroatoms. The van der Waals surface area contributed by atoms with Crippen LogP contribution in [0.15, 0.2) is 72.8 Å². The monoisotopic (exact) mass is 569 g/mol. The zero-order valence-corrected chi connectivity index (χ0v) is 23.5. The lowest BCUT2D eigenvalue weighted by atomic mass is 10.2. The standard InChI is InChI=1S/C28H28ClN3O4S2/c1-36-25-6-4-3-5-24(25)30-13-15-31(16-14-30)28(33)27-18-21-17-23(11-12-26(21)37-27)32(38(2,34)35)19-20-7-9-22(29)10-8-20/h3-12,17-18H,13-16,19H2,1-2H3. The van der Waals surface area contributed by atoms with Crippen LogP contribution < -0.4 is 13.9 Å². The number of thiophene rings is 1. The zero-order chi connectivity index (χ0) is 26.9. The van der Waals surface area contributed by atoms with E-state index in [2.05, 4.69) is 4.90 Å². The summed E-state index contributed by atoms with van der Waals surface area (Å²) in [7, 11) is -1.87. The number of hydrogen-bond donors (Lipinski definition) is 0. The van der Waals surface area contributed by atoms with Gasteiger partial charge in [0.2, 0.25) is 10.0 Å². The van der Waals surface area contributed by atoms with Crippen LogP contribution in [0.3, 0.4) is 0 Å². The molecule has 5 rings (SSSR count). The Kier molecular flexibility index (Phi) is 7.52. The maximum absolute atomic E-state index is 13.4. The predicted octanol–water partition coefficient (Wildman–Crippen LogP) is 5.49. The normalized spacial score (nSPS) is 14.1. The molecule has 2 heterocycles. The first kappa shape index (κ1) is 26.3. The van der Waals surface area contributed by atoms with E-state index in [-0.39, 0.29) is 12.5 Å². The van der Waals surface area contributed by atoms with Gasteiger partial charge in [0.25, 0.3) is 5.91 Å². The third-order valence-corrected chi connectivity index (χ3v) is 9.13. The number of sulfonamides is 1. The fourth-order valence-electron chi connectivity index (χ4n) is 4.64. The molecule has 0 atom stereocenters. The Hall–Kier alpha value is -3.27. The molecule has 4 aromatic rings. The van der Waals surface area contributed by atoms with Crippen molar-refractivity contribution in [2.45, 2.75) is 6.54 Å². The molecule has 7 nitrogen and oxygen atoms in total. The number of para-hydroxylation sites is 2. The summed E-state index contributed by atoms with van der Waals surface area (Å²) >= 11 is 7.41. The molecule has 3 aromatic carbocycles. The van der Waals surface area contributed by atoms with Crippen molar-refractivity contribution in [3.63, 3.8) is 0 Å². The number of methoxy groups -OCH3 is 1. The van der Waals surface area contributed by atoms with Crippen LogP contribution in [0, 0.1) is 0 Å². The van der Waals surface area contributed by atoms with Crippen LogP contribution in [0.4, 0.5) is 11.4 Å². The number of amides is 1. The van der Waals surface area contributed by atoms with E-state index < -0.39 is 10.0 Å². The number of anilines is 2. The molecule has 0 N–H and O–H groups in total. The Bertz CT molecular complexity index is 1560. The van der Waals surface area contributed by atoms with Gasteiger partial charge in [-0.05, 0) is 59.5 Å². The summed E-state index contributed by atoms with van der Waals surface area (Å²) in [6, 6.07) is 22.4. The van der Waals surface area contributed by atoms with Crippen molar-refractivity contribution in [2.75, 3.05) is 48.7 Å². The van der Waals surface area contributed by atoms with Gasteiger partial charge in [-0.15, -0.1) is 11.3 Å². The van der Waals surface area contributed by atoms with Crippen molar-refractivity contribution in [1.82, 2.24) is 4.90 Å². The van der Waals surface area contributed by atoms with Gasteiger partial charge in [-0.1, -0.05) is 35.9 Å². The van der Waals surface area contributed by atoms with Crippen LogP contribution in [-0.4, -0.2) is 58.8 Å².